The number of fused-ring (bicyclic) bond motifs is 1. The van der Waals surface area contributed by atoms with E-state index in [0.29, 0.717) is 70.3 Å². The first-order chi connectivity index (χ1) is 16.3. The molecule has 0 bridgehead atoms. The number of carbonyl (C=O) groups is 3. The molecule has 0 unspecified atom stereocenters. The maximum atomic E-state index is 12.6. The molecule has 2 fully saturated rings. The van der Waals surface area contributed by atoms with Gasteiger partial charge in [0, 0.05) is 73.5 Å². The van der Waals surface area contributed by atoms with Crippen LogP contribution in [0.2, 0.25) is 0 Å². The summed E-state index contributed by atoms with van der Waals surface area (Å²) in [6.45, 7) is 8.73. The van der Waals surface area contributed by atoms with E-state index in [1.807, 2.05) is 41.8 Å². The van der Waals surface area contributed by atoms with E-state index in [0.717, 1.165) is 10.9 Å². The number of benzene rings is 1. The first-order valence-corrected chi connectivity index (χ1v) is 11.8. The Morgan fingerprint density at radius 3 is 2.44 bits per heavy atom. The number of hydrogen-bond acceptors (Lipinski definition) is 6. The van der Waals surface area contributed by atoms with Crippen LogP contribution in [-0.4, -0.2) is 102 Å². The van der Waals surface area contributed by atoms with Crippen LogP contribution in [0.3, 0.4) is 0 Å². The Balaban J connectivity index is 1.45. The highest BCUT2D eigenvalue weighted by molar-refractivity contribution is 5.96. The van der Waals surface area contributed by atoms with E-state index >= 15 is 0 Å². The lowest BCUT2D eigenvalue weighted by Gasteiger charge is -2.38. The highest BCUT2D eigenvalue weighted by Gasteiger charge is 2.33. The minimum absolute atomic E-state index is 0.0889. The summed E-state index contributed by atoms with van der Waals surface area (Å²) in [5.74, 6) is -1.07. The molecule has 0 spiro atoms. The second kappa shape index (κ2) is 10.5. The Morgan fingerprint density at radius 2 is 1.79 bits per heavy atom. The molecule has 0 radical (unpaired) electrons. The average molecular weight is 472 g/mol. The summed E-state index contributed by atoms with van der Waals surface area (Å²) in [7, 11) is 0. The number of aromatic amines is 1. The van der Waals surface area contributed by atoms with Crippen LogP contribution in [0.4, 0.5) is 5.69 Å². The lowest BCUT2D eigenvalue weighted by atomic mass is 10.0. The van der Waals surface area contributed by atoms with E-state index in [4.69, 9.17) is 4.74 Å². The SMILES string of the molecule is CC(C)C(=O)Nc1ccc2[nH]cc([C@@H](C(=O)O)N3CCN(CC(=O)N4CCOCC4)CC3)c2c1. The van der Waals surface area contributed by atoms with Crippen molar-refractivity contribution in [3.63, 3.8) is 0 Å². The maximum absolute atomic E-state index is 12.6. The molecule has 2 aromatic rings. The molecule has 2 amide bonds. The third-order valence-electron chi connectivity index (χ3n) is 6.53. The third-order valence-corrected chi connectivity index (χ3v) is 6.53. The number of amides is 2. The molecule has 3 heterocycles. The van der Waals surface area contributed by atoms with E-state index in [-0.39, 0.29) is 17.7 Å². The zero-order valence-electron chi connectivity index (χ0n) is 19.7. The Hall–Kier alpha value is -2.95. The molecule has 184 valence electrons. The Kier molecular flexibility index (Phi) is 7.50. The summed E-state index contributed by atoms with van der Waals surface area (Å²) in [6.07, 6.45) is 1.74. The van der Waals surface area contributed by atoms with Gasteiger partial charge in [0.05, 0.1) is 19.8 Å². The van der Waals surface area contributed by atoms with Gasteiger partial charge in [0.1, 0.15) is 6.04 Å². The molecule has 2 aliphatic rings. The maximum Gasteiger partial charge on any atom is 0.325 e. The van der Waals surface area contributed by atoms with Crippen LogP contribution in [0, 0.1) is 5.92 Å². The Morgan fingerprint density at radius 1 is 1.09 bits per heavy atom. The number of rotatable bonds is 7. The van der Waals surface area contributed by atoms with Crippen LogP contribution in [0.25, 0.3) is 10.9 Å². The number of carboxylic acid groups (broad SMARTS) is 1. The predicted octanol–water partition coefficient (Wildman–Crippen LogP) is 1.36. The number of carboxylic acids is 1. The highest BCUT2D eigenvalue weighted by atomic mass is 16.5. The molecule has 0 saturated carbocycles. The highest BCUT2D eigenvalue weighted by Crippen LogP contribution is 2.31. The molecule has 2 saturated heterocycles. The van der Waals surface area contributed by atoms with Gasteiger partial charge in [-0.25, -0.2) is 0 Å². The fourth-order valence-corrected chi connectivity index (χ4v) is 4.50. The van der Waals surface area contributed by atoms with Crippen LogP contribution in [-0.2, 0) is 19.1 Å². The number of piperazine rings is 1. The monoisotopic (exact) mass is 471 g/mol. The van der Waals surface area contributed by atoms with Crippen molar-refractivity contribution in [1.29, 1.82) is 0 Å². The van der Waals surface area contributed by atoms with Gasteiger partial charge in [0.15, 0.2) is 0 Å². The van der Waals surface area contributed by atoms with Gasteiger partial charge in [-0.2, -0.15) is 0 Å². The third kappa shape index (κ3) is 5.40. The smallest absolute Gasteiger partial charge is 0.325 e. The molecule has 34 heavy (non-hydrogen) atoms. The lowest BCUT2D eigenvalue weighted by molar-refractivity contribution is -0.145. The quantitative estimate of drug-likeness (QED) is 0.558. The average Bonchev–Trinajstić information content (AvgIpc) is 3.23. The minimum atomic E-state index is -0.921. The molecule has 1 aromatic heterocycles. The van der Waals surface area contributed by atoms with Gasteiger partial charge in [-0.3, -0.25) is 24.2 Å². The molecule has 2 aliphatic heterocycles. The standard InChI is InChI=1S/C24H33N5O5/c1-16(2)23(31)26-17-3-4-20-18(13-17)19(14-25-20)22(24(32)33)29-7-5-27(6-8-29)15-21(30)28-9-11-34-12-10-28/h3-4,13-14,16,22,25H,5-12,15H2,1-2H3,(H,26,31)(H,32,33)/t22-/m0/s1. The van der Waals surface area contributed by atoms with Crippen molar-refractivity contribution in [1.82, 2.24) is 19.7 Å². The number of hydrogen-bond donors (Lipinski definition) is 3. The second-order valence-corrected chi connectivity index (χ2v) is 9.19. The minimum Gasteiger partial charge on any atom is -0.480 e. The molecule has 4 rings (SSSR count). The Bertz CT molecular complexity index is 1040. The molecular weight excluding hydrogens is 438 g/mol. The normalized spacial score (nSPS) is 18.9. The van der Waals surface area contributed by atoms with E-state index in [2.05, 4.69) is 15.2 Å². The number of nitrogens with one attached hydrogen (secondary N) is 2. The van der Waals surface area contributed by atoms with Gasteiger partial charge in [0.2, 0.25) is 11.8 Å². The van der Waals surface area contributed by atoms with Gasteiger partial charge >= 0.3 is 5.97 Å². The fourth-order valence-electron chi connectivity index (χ4n) is 4.50. The summed E-state index contributed by atoms with van der Waals surface area (Å²) < 4.78 is 5.31. The molecule has 10 heteroatoms. The van der Waals surface area contributed by atoms with E-state index in [9.17, 15) is 19.5 Å². The van der Waals surface area contributed by atoms with Gasteiger partial charge < -0.3 is 25.0 Å². The van der Waals surface area contributed by atoms with Crippen molar-refractivity contribution in [2.75, 3.05) is 64.3 Å². The molecule has 0 aliphatic carbocycles. The van der Waals surface area contributed by atoms with Gasteiger partial charge in [-0.1, -0.05) is 13.8 Å². The van der Waals surface area contributed by atoms with Crippen molar-refractivity contribution >= 4 is 34.4 Å². The van der Waals surface area contributed by atoms with Gasteiger partial charge in [-0.15, -0.1) is 0 Å². The van der Waals surface area contributed by atoms with Gasteiger partial charge in [0.25, 0.3) is 0 Å². The Labute approximate surface area is 198 Å². The lowest BCUT2D eigenvalue weighted by Crippen LogP contribution is -2.52. The van der Waals surface area contributed by atoms with E-state index in [1.54, 1.807) is 6.20 Å². The van der Waals surface area contributed by atoms with Crippen LogP contribution in [0.1, 0.15) is 25.5 Å². The number of nitrogens with zero attached hydrogens (tertiary/aromatic N) is 3. The molecular formula is C24H33N5O5. The van der Waals surface area contributed by atoms with Crippen molar-refractivity contribution in [3.8, 4) is 0 Å². The van der Waals surface area contributed by atoms with Crippen molar-refractivity contribution < 1.29 is 24.2 Å². The van der Waals surface area contributed by atoms with Crippen molar-refractivity contribution in [3.05, 3.63) is 30.0 Å². The summed E-state index contributed by atoms with van der Waals surface area (Å²) in [6, 6.07) is 4.67. The number of H-pyrrole nitrogens is 1. The van der Waals surface area contributed by atoms with E-state index < -0.39 is 12.0 Å². The van der Waals surface area contributed by atoms with Crippen molar-refractivity contribution in [2.24, 2.45) is 5.92 Å². The zero-order valence-corrected chi connectivity index (χ0v) is 19.7. The summed E-state index contributed by atoms with van der Waals surface area (Å²) in [5, 5.41) is 13.8. The zero-order chi connectivity index (χ0) is 24.2. The molecule has 1 aromatic carbocycles. The number of aromatic nitrogens is 1. The number of anilines is 1. The topological polar surface area (TPSA) is 118 Å². The number of carbonyl (C=O) groups excluding carboxylic acids is 2. The van der Waals surface area contributed by atoms with Gasteiger partial charge in [-0.05, 0) is 18.2 Å². The van der Waals surface area contributed by atoms with Crippen LogP contribution >= 0.6 is 0 Å². The molecule has 1 atom stereocenters. The second-order valence-electron chi connectivity index (χ2n) is 9.19. The fraction of sp³-hybridized carbons (Fsp3) is 0.542. The van der Waals surface area contributed by atoms with E-state index in [1.165, 1.54) is 0 Å². The van der Waals surface area contributed by atoms with Crippen LogP contribution in [0.15, 0.2) is 24.4 Å². The summed E-state index contributed by atoms with van der Waals surface area (Å²) in [4.78, 5) is 46.0. The van der Waals surface area contributed by atoms with Crippen molar-refractivity contribution in [2.45, 2.75) is 19.9 Å². The largest absolute Gasteiger partial charge is 0.480 e. The number of ether oxygens (including phenoxy) is 1. The molecule has 10 nitrogen and oxygen atoms in total. The summed E-state index contributed by atoms with van der Waals surface area (Å²) >= 11 is 0. The number of morpholine rings is 1. The van der Waals surface area contributed by atoms with Crippen LogP contribution < -0.4 is 5.32 Å². The number of aliphatic carboxylic acids is 1. The molecule has 3 N–H and O–H groups in total. The summed E-state index contributed by atoms with van der Waals surface area (Å²) in [5.41, 5.74) is 2.13. The van der Waals surface area contributed by atoms with Crippen LogP contribution in [0.5, 0.6) is 0 Å². The first-order valence-electron chi connectivity index (χ1n) is 11.8. The first kappa shape index (κ1) is 24.2. The predicted molar refractivity (Wildman–Crippen MR) is 128 cm³/mol.